The third-order valence-electron chi connectivity index (χ3n) is 7.21. The molecule has 6 nitrogen and oxygen atoms in total. The number of benzene rings is 2. The van der Waals surface area contributed by atoms with Crippen LogP contribution >= 0.6 is 11.8 Å². The number of carbonyl (C=O) groups is 1. The maximum absolute atomic E-state index is 13.4. The summed E-state index contributed by atoms with van der Waals surface area (Å²) < 4.78 is 6.92. The lowest BCUT2D eigenvalue weighted by Crippen LogP contribution is -2.41. The number of carbonyl (C=O) groups excluding carboxylic acids is 1. The normalized spacial score (nSPS) is 22.4. The molecule has 172 valence electrons. The third-order valence-corrected chi connectivity index (χ3v) is 8.15. The summed E-state index contributed by atoms with van der Waals surface area (Å²) in [6, 6.07) is 14.8. The Morgan fingerprint density at radius 2 is 2.06 bits per heavy atom. The van der Waals surface area contributed by atoms with E-state index in [-0.39, 0.29) is 23.3 Å². The van der Waals surface area contributed by atoms with Crippen LogP contribution in [0, 0.1) is 17.8 Å². The summed E-state index contributed by atoms with van der Waals surface area (Å²) in [6.07, 6.45) is 5.22. The Hall–Kier alpha value is -2.80. The average molecular weight is 464 g/mol. The standard InChI is InChI=1S/C26H29N3O3S/c1-16(22-13-17-10-11-18(22)12-17)27-24(30)15-33-26-28-23-9-4-3-8-21(23)25(31)29(26)19-6-5-7-20(14-19)32-2/h3-9,14,16-18,22H,10-13,15H2,1-2H3,(H,27,30)/t16-,17+,18+,22+/m1/s1. The highest BCUT2D eigenvalue weighted by Gasteiger charge is 2.42. The van der Waals surface area contributed by atoms with Gasteiger partial charge in [0.15, 0.2) is 5.16 Å². The molecule has 0 aliphatic heterocycles. The Kier molecular flexibility index (Phi) is 6.15. The second-order valence-corrected chi connectivity index (χ2v) is 10.2. The van der Waals surface area contributed by atoms with Crippen molar-refractivity contribution in [3.05, 3.63) is 58.9 Å². The van der Waals surface area contributed by atoms with Gasteiger partial charge in [0, 0.05) is 12.1 Å². The van der Waals surface area contributed by atoms with Crippen molar-refractivity contribution in [3.63, 3.8) is 0 Å². The topological polar surface area (TPSA) is 73.2 Å². The first-order chi connectivity index (χ1) is 16.0. The highest BCUT2D eigenvalue weighted by atomic mass is 32.2. The molecule has 2 saturated carbocycles. The van der Waals surface area contributed by atoms with Gasteiger partial charge in [0.1, 0.15) is 5.75 Å². The van der Waals surface area contributed by atoms with Gasteiger partial charge in [-0.15, -0.1) is 0 Å². The fraction of sp³-hybridized carbons (Fsp3) is 0.423. The van der Waals surface area contributed by atoms with Gasteiger partial charge in [-0.2, -0.15) is 0 Å². The Balaban J connectivity index is 1.39. The highest BCUT2D eigenvalue weighted by molar-refractivity contribution is 7.99. The van der Waals surface area contributed by atoms with E-state index in [0.29, 0.717) is 33.4 Å². The van der Waals surface area contributed by atoms with Gasteiger partial charge in [0.2, 0.25) is 5.91 Å². The number of fused-ring (bicyclic) bond motifs is 3. The van der Waals surface area contributed by atoms with Crippen molar-refractivity contribution in [2.45, 2.75) is 43.8 Å². The molecule has 2 bridgehead atoms. The molecule has 0 saturated heterocycles. The molecule has 0 radical (unpaired) electrons. The van der Waals surface area contributed by atoms with Gasteiger partial charge >= 0.3 is 0 Å². The van der Waals surface area contributed by atoms with Gasteiger partial charge in [-0.1, -0.05) is 36.4 Å². The molecule has 1 heterocycles. The fourth-order valence-corrected chi connectivity index (χ4v) is 6.45. The van der Waals surface area contributed by atoms with E-state index in [1.54, 1.807) is 23.8 Å². The van der Waals surface area contributed by atoms with E-state index >= 15 is 0 Å². The van der Waals surface area contributed by atoms with Crippen molar-refractivity contribution >= 4 is 28.6 Å². The van der Waals surface area contributed by atoms with E-state index in [2.05, 4.69) is 12.2 Å². The maximum atomic E-state index is 13.4. The van der Waals surface area contributed by atoms with Crippen LogP contribution in [-0.4, -0.2) is 34.4 Å². The predicted octanol–water partition coefficient (Wildman–Crippen LogP) is 4.43. The molecule has 4 atom stereocenters. The molecule has 5 rings (SSSR count). The van der Waals surface area contributed by atoms with Gasteiger partial charge in [0.25, 0.3) is 5.56 Å². The minimum Gasteiger partial charge on any atom is -0.497 e. The monoisotopic (exact) mass is 463 g/mol. The maximum Gasteiger partial charge on any atom is 0.266 e. The van der Waals surface area contributed by atoms with Crippen molar-refractivity contribution in [2.75, 3.05) is 12.9 Å². The van der Waals surface area contributed by atoms with Crippen LogP contribution in [0.15, 0.2) is 58.5 Å². The molecular formula is C26H29N3O3S. The molecule has 0 spiro atoms. The lowest BCUT2D eigenvalue weighted by atomic mass is 9.84. The summed E-state index contributed by atoms with van der Waals surface area (Å²) in [4.78, 5) is 30.9. The number of nitrogens with zero attached hydrogens (tertiary/aromatic N) is 2. The van der Waals surface area contributed by atoms with Gasteiger partial charge in [-0.3, -0.25) is 14.2 Å². The molecule has 2 aromatic carbocycles. The lowest BCUT2D eigenvalue weighted by molar-refractivity contribution is -0.119. The van der Waals surface area contributed by atoms with Crippen LogP contribution < -0.4 is 15.6 Å². The summed E-state index contributed by atoms with van der Waals surface area (Å²) in [5.74, 6) is 3.05. The fourth-order valence-electron chi connectivity index (χ4n) is 5.63. The number of ether oxygens (including phenoxy) is 1. The van der Waals surface area contributed by atoms with E-state index in [1.165, 1.54) is 37.4 Å². The minimum atomic E-state index is -0.160. The van der Waals surface area contributed by atoms with Crippen molar-refractivity contribution in [1.29, 1.82) is 0 Å². The molecule has 2 fully saturated rings. The van der Waals surface area contributed by atoms with E-state index in [9.17, 15) is 9.59 Å². The summed E-state index contributed by atoms with van der Waals surface area (Å²) in [6.45, 7) is 2.13. The second-order valence-electron chi connectivity index (χ2n) is 9.24. The largest absolute Gasteiger partial charge is 0.497 e. The molecule has 2 aliphatic rings. The first-order valence-electron chi connectivity index (χ1n) is 11.6. The van der Waals surface area contributed by atoms with E-state index in [1.807, 2.05) is 36.4 Å². The van der Waals surface area contributed by atoms with E-state index < -0.39 is 0 Å². The Labute approximate surface area is 197 Å². The van der Waals surface area contributed by atoms with Crippen LogP contribution in [0.3, 0.4) is 0 Å². The minimum absolute atomic E-state index is 0.0186. The number of para-hydroxylation sites is 1. The molecule has 0 unspecified atom stereocenters. The van der Waals surface area contributed by atoms with E-state index in [4.69, 9.17) is 9.72 Å². The smallest absolute Gasteiger partial charge is 0.266 e. The van der Waals surface area contributed by atoms with Crippen molar-refractivity contribution < 1.29 is 9.53 Å². The molecular weight excluding hydrogens is 434 g/mol. The number of hydrogen-bond acceptors (Lipinski definition) is 5. The average Bonchev–Trinajstić information content (AvgIpc) is 3.47. The summed E-state index contributed by atoms with van der Waals surface area (Å²) >= 11 is 1.29. The zero-order valence-corrected chi connectivity index (χ0v) is 19.8. The second kappa shape index (κ2) is 9.21. The van der Waals surface area contributed by atoms with Gasteiger partial charge in [-0.05, 0) is 68.2 Å². The number of rotatable bonds is 7. The number of nitrogens with one attached hydrogen (secondary N) is 1. The van der Waals surface area contributed by atoms with Crippen LogP contribution in [0.4, 0.5) is 0 Å². The van der Waals surface area contributed by atoms with Crippen molar-refractivity contribution in [1.82, 2.24) is 14.9 Å². The molecule has 1 amide bonds. The zero-order chi connectivity index (χ0) is 22.9. The van der Waals surface area contributed by atoms with Crippen molar-refractivity contribution in [3.8, 4) is 11.4 Å². The molecule has 1 aromatic heterocycles. The van der Waals surface area contributed by atoms with Crippen LogP contribution in [0.5, 0.6) is 5.75 Å². The Bertz CT molecular complexity index is 1240. The van der Waals surface area contributed by atoms with Crippen LogP contribution in [0.25, 0.3) is 16.6 Å². The molecule has 2 aliphatic carbocycles. The van der Waals surface area contributed by atoms with Crippen LogP contribution in [-0.2, 0) is 4.79 Å². The summed E-state index contributed by atoms with van der Waals surface area (Å²) in [5, 5.41) is 4.25. The first-order valence-corrected chi connectivity index (χ1v) is 12.6. The SMILES string of the molecule is COc1cccc(-n2c(SCC(=O)N[C@H](C)[C@@H]3C[C@H]4CC[C@H]3C4)nc3ccccc3c2=O)c1. The summed E-state index contributed by atoms with van der Waals surface area (Å²) in [7, 11) is 1.60. The first kappa shape index (κ1) is 22.0. The van der Waals surface area contributed by atoms with E-state index in [0.717, 1.165) is 11.8 Å². The van der Waals surface area contributed by atoms with Gasteiger partial charge in [-0.25, -0.2) is 4.98 Å². The number of aromatic nitrogens is 2. The molecule has 7 heteroatoms. The van der Waals surface area contributed by atoms with Gasteiger partial charge in [0.05, 0.1) is 29.5 Å². The number of methoxy groups -OCH3 is 1. The lowest BCUT2D eigenvalue weighted by Gasteiger charge is -2.28. The molecule has 3 aromatic rings. The third kappa shape index (κ3) is 4.38. The van der Waals surface area contributed by atoms with Crippen molar-refractivity contribution in [2.24, 2.45) is 17.8 Å². The predicted molar refractivity (Wildman–Crippen MR) is 131 cm³/mol. The van der Waals surface area contributed by atoms with Crippen LogP contribution in [0.2, 0.25) is 0 Å². The molecule has 1 N–H and O–H groups in total. The van der Waals surface area contributed by atoms with Crippen LogP contribution in [0.1, 0.15) is 32.6 Å². The summed E-state index contributed by atoms with van der Waals surface area (Å²) in [5.41, 5.74) is 1.13. The zero-order valence-electron chi connectivity index (χ0n) is 19.0. The Morgan fingerprint density at radius 3 is 2.82 bits per heavy atom. The number of hydrogen-bond donors (Lipinski definition) is 1. The number of amides is 1. The molecule has 33 heavy (non-hydrogen) atoms. The quantitative estimate of drug-likeness (QED) is 0.415. The van der Waals surface area contributed by atoms with Gasteiger partial charge < -0.3 is 10.1 Å². The highest BCUT2D eigenvalue weighted by Crippen LogP contribution is 2.49. The number of thioether (sulfide) groups is 1. The Morgan fingerprint density at radius 1 is 1.21 bits per heavy atom.